The van der Waals surface area contributed by atoms with Gasteiger partial charge in [0.25, 0.3) is 0 Å². The van der Waals surface area contributed by atoms with Crippen molar-refractivity contribution in [3.05, 3.63) is 11.4 Å². The first-order chi connectivity index (χ1) is 8.77. The number of halogens is 1. The lowest BCUT2D eigenvalue weighted by Crippen LogP contribution is -2.39. The summed E-state index contributed by atoms with van der Waals surface area (Å²) in [4.78, 5) is 0. The summed E-state index contributed by atoms with van der Waals surface area (Å²) < 4.78 is 17.7. The second-order valence-corrected chi connectivity index (χ2v) is 7.03. The minimum absolute atomic E-state index is 0.146. The van der Waals surface area contributed by atoms with Crippen molar-refractivity contribution in [1.82, 2.24) is 15.0 Å². The van der Waals surface area contributed by atoms with E-state index in [-0.39, 0.29) is 6.04 Å². The van der Waals surface area contributed by atoms with Gasteiger partial charge in [0.1, 0.15) is 0 Å². The van der Waals surface area contributed by atoms with Crippen molar-refractivity contribution < 1.29 is 4.39 Å². The Balaban J connectivity index is 2.61. The molecule has 19 heavy (non-hydrogen) atoms. The maximum atomic E-state index is 15.9. The van der Waals surface area contributed by atoms with Crippen LogP contribution >= 0.6 is 0 Å². The molecule has 1 aliphatic carbocycles. The van der Waals surface area contributed by atoms with Gasteiger partial charge in [-0.25, -0.2) is 9.07 Å². The minimum atomic E-state index is -1.34. The molecule has 0 radical (unpaired) electrons. The summed E-state index contributed by atoms with van der Waals surface area (Å²) in [5, 5.41) is 8.48. The Morgan fingerprint density at radius 2 is 1.89 bits per heavy atom. The molecule has 1 heterocycles. The van der Waals surface area contributed by atoms with E-state index >= 15 is 4.39 Å². The number of nitrogens with zero attached hydrogens (tertiary/aromatic N) is 3. The molecule has 0 saturated heterocycles. The highest BCUT2D eigenvalue weighted by molar-refractivity contribution is 5.23. The Bertz CT molecular complexity index is 445. The van der Waals surface area contributed by atoms with E-state index in [1.807, 2.05) is 34.6 Å². The molecule has 0 amide bonds. The third-order valence-corrected chi connectivity index (χ3v) is 4.25. The van der Waals surface area contributed by atoms with Gasteiger partial charge in [0.2, 0.25) is 0 Å². The van der Waals surface area contributed by atoms with Crippen LogP contribution in [-0.2, 0) is 12.1 Å². The van der Waals surface area contributed by atoms with E-state index < -0.39 is 11.1 Å². The molecule has 108 valence electrons. The summed E-state index contributed by atoms with van der Waals surface area (Å²) in [6.45, 7) is 10.0. The molecule has 0 aromatic carbocycles. The first kappa shape index (κ1) is 14.5. The Labute approximate surface area is 115 Å². The Kier molecular flexibility index (Phi) is 3.72. The lowest BCUT2D eigenvalue weighted by atomic mass is 9.71. The van der Waals surface area contributed by atoms with Gasteiger partial charge in [0, 0.05) is 11.5 Å². The molecular weight excluding hydrogens is 241 g/mol. The fourth-order valence-corrected chi connectivity index (χ4v) is 2.95. The number of aryl methyl sites for hydroxylation is 1. The summed E-state index contributed by atoms with van der Waals surface area (Å²) in [6.07, 6.45) is 4.53. The molecule has 0 aliphatic heterocycles. The van der Waals surface area contributed by atoms with Crippen LogP contribution in [0.5, 0.6) is 0 Å². The van der Waals surface area contributed by atoms with Gasteiger partial charge in [0.05, 0.1) is 11.4 Å². The molecule has 1 atom stereocenters. The largest absolute Gasteiger partial charge is 0.243 e. The highest BCUT2D eigenvalue weighted by Gasteiger charge is 2.48. The second kappa shape index (κ2) is 4.88. The van der Waals surface area contributed by atoms with Gasteiger partial charge < -0.3 is 0 Å². The van der Waals surface area contributed by atoms with Gasteiger partial charge >= 0.3 is 0 Å². The molecule has 1 aliphatic rings. The molecule has 0 spiro atoms. The van der Waals surface area contributed by atoms with E-state index in [9.17, 15) is 0 Å². The highest BCUT2D eigenvalue weighted by Crippen LogP contribution is 2.49. The van der Waals surface area contributed by atoms with Crippen molar-refractivity contribution >= 4 is 0 Å². The summed E-state index contributed by atoms with van der Waals surface area (Å²) in [5.41, 5.74) is -0.176. The Morgan fingerprint density at radius 3 is 2.47 bits per heavy atom. The van der Waals surface area contributed by atoms with E-state index in [1.165, 1.54) is 0 Å². The first-order valence-corrected chi connectivity index (χ1v) is 7.41. The molecular formula is C15H26FN3. The number of hydrogen-bond donors (Lipinski definition) is 0. The standard InChI is InChI=1S/C15H26FN3/c1-11(2)19-13-12(17-18-19)9-7-6-8-10-15(13,16)14(3,4)5/h11H,6-10H2,1-5H3. The topological polar surface area (TPSA) is 30.7 Å². The van der Waals surface area contributed by atoms with Crippen LogP contribution in [0.25, 0.3) is 0 Å². The first-order valence-electron chi connectivity index (χ1n) is 7.41. The third-order valence-electron chi connectivity index (χ3n) is 4.25. The number of aromatic nitrogens is 3. The van der Waals surface area contributed by atoms with Crippen LogP contribution in [0.2, 0.25) is 0 Å². The summed E-state index contributed by atoms with van der Waals surface area (Å²) >= 11 is 0. The number of rotatable bonds is 1. The monoisotopic (exact) mass is 267 g/mol. The van der Waals surface area contributed by atoms with E-state index in [2.05, 4.69) is 10.3 Å². The van der Waals surface area contributed by atoms with Crippen molar-refractivity contribution in [2.24, 2.45) is 5.41 Å². The third kappa shape index (κ3) is 2.41. The molecule has 0 bridgehead atoms. The van der Waals surface area contributed by atoms with Crippen molar-refractivity contribution in [3.63, 3.8) is 0 Å². The maximum Gasteiger partial charge on any atom is 0.159 e. The fourth-order valence-electron chi connectivity index (χ4n) is 2.95. The Hall–Kier alpha value is -0.930. The summed E-state index contributed by atoms with van der Waals surface area (Å²) in [7, 11) is 0. The number of alkyl halides is 1. The fraction of sp³-hybridized carbons (Fsp3) is 0.867. The van der Waals surface area contributed by atoms with Gasteiger partial charge in [-0.1, -0.05) is 32.4 Å². The molecule has 1 unspecified atom stereocenters. The summed E-state index contributed by atoms with van der Waals surface area (Å²) in [5.74, 6) is 0. The van der Waals surface area contributed by atoms with Gasteiger partial charge in [-0.15, -0.1) is 5.10 Å². The molecule has 0 fully saturated rings. The van der Waals surface area contributed by atoms with Gasteiger partial charge in [0.15, 0.2) is 5.67 Å². The van der Waals surface area contributed by atoms with Gasteiger partial charge in [-0.3, -0.25) is 0 Å². The van der Waals surface area contributed by atoms with Crippen molar-refractivity contribution in [1.29, 1.82) is 0 Å². The zero-order chi connectivity index (χ0) is 14.3. The van der Waals surface area contributed by atoms with E-state index in [0.29, 0.717) is 6.42 Å². The predicted octanol–water partition coefficient (Wildman–Crippen LogP) is 4.19. The van der Waals surface area contributed by atoms with Crippen LogP contribution < -0.4 is 0 Å². The number of fused-ring (bicyclic) bond motifs is 1. The molecule has 1 aromatic rings. The molecule has 0 N–H and O–H groups in total. The van der Waals surface area contributed by atoms with Gasteiger partial charge in [-0.2, -0.15) is 0 Å². The predicted molar refractivity (Wildman–Crippen MR) is 74.8 cm³/mol. The average Bonchev–Trinajstić information content (AvgIpc) is 2.68. The summed E-state index contributed by atoms with van der Waals surface area (Å²) in [6, 6.07) is 0.146. The SMILES string of the molecule is CC(C)n1nnc2c1C(F)(C(C)(C)C)CCCCC2. The van der Waals surface area contributed by atoms with Crippen molar-refractivity contribution in [2.75, 3.05) is 0 Å². The van der Waals surface area contributed by atoms with Crippen molar-refractivity contribution in [3.8, 4) is 0 Å². The molecule has 4 heteroatoms. The zero-order valence-electron chi connectivity index (χ0n) is 12.8. The van der Waals surface area contributed by atoms with Gasteiger partial charge in [-0.05, 0) is 39.5 Å². The molecule has 3 nitrogen and oxygen atoms in total. The van der Waals surface area contributed by atoms with Crippen molar-refractivity contribution in [2.45, 2.75) is 78.4 Å². The molecule has 0 saturated carbocycles. The second-order valence-electron chi connectivity index (χ2n) is 7.03. The molecule has 1 aromatic heterocycles. The van der Waals surface area contributed by atoms with Crippen LogP contribution in [0.4, 0.5) is 4.39 Å². The highest BCUT2D eigenvalue weighted by atomic mass is 19.1. The Morgan fingerprint density at radius 1 is 1.21 bits per heavy atom. The number of hydrogen-bond acceptors (Lipinski definition) is 2. The van der Waals surface area contributed by atoms with Crippen LogP contribution in [0.15, 0.2) is 0 Å². The van der Waals surface area contributed by atoms with Crippen LogP contribution in [0, 0.1) is 5.41 Å². The molecule has 2 rings (SSSR count). The van der Waals surface area contributed by atoms with E-state index in [4.69, 9.17) is 0 Å². The maximum absolute atomic E-state index is 15.9. The van der Waals surface area contributed by atoms with E-state index in [1.54, 1.807) is 4.68 Å². The average molecular weight is 267 g/mol. The quantitative estimate of drug-likeness (QED) is 0.764. The minimum Gasteiger partial charge on any atom is -0.243 e. The lowest BCUT2D eigenvalue weighted by molar-refractivity contribution is 0.00160. The van der Waals surface area contributed by atoms with E-state index in [0.717, 1.165) is 37.1 Å². The normalized spacial score (nSPS) is 25.0. The van der Waals surface area contributed by atoms with Crippen LogP contribution in [0.1, 0.15) is 77.7 Å². The van der Waals surface area contributed by atoms with Crippen LogP contribution in [-0.4, -0.2) is 15.0 Å². The lowest BCUT2D eigenvalue weighted by Gasteiger charge is -2.39. The zero-order valence-corrected chi connectivity index (χ0v) is 12.8. The smallest absolute Gasteiger partial charge is 0.159 e. The van der Waals surface area contributed by atoms with Crippen LogP contribution in [0.3, 0.4) is 0 Å².